The van der Waals surface area contributed by atoms with Crippen molar-refractivity contribution in [1.29, 1.82) is 0 Å². The smallest absolute Gasteiger partial charge is 0.238 e. The van der Waals surface area contributed by atoms with Crippen LogP contribution in [0.5, 0.6) is 0 Å². The first-order valence-electron chi connectivity index (χ1n) is 12.7. The fourth-order valence-electron chi connectivity index (χ4n) is 4.44. The van der Waals surface area contributed by atoms with Crippen LogP contribution in [0, 0.1) is 0 Å². The molecule has 0 unspecified atom stereocenters. The highest BCUT2D eigenvalue weighted by atomic mass is 32.1. The van der Waals surface area contributed by atoms with Crippen LogP contribution in [0.2, 0.25) is 0 Å². The molecule has 5 nitrogen and oxygen atoms in total. The second-order valence-electron chi connectivity index (χ2n) is 9.33. The molecular formula is C32H29N3O2S. The number of benzene rings is 4. The van der Waals surface area contributed by atoms with Crippen LogP contribution in [0.4, 0.5) is 5.69 Å². The van der Waals surface area contributed by atoms with Crippen LogP contribution in [-0.2, 0) is 4.79 Å². The first-order valence-corrected chi connectivity index (χ1v) is 13.2. The molecule has 190 valence electrons. The Bertz CT molecular complexity index is 1510. The average Bonchev–Trinajstić information content (AvgIpc) is 3.38. The van der Waals surface area contributed by atoms with Crippen molar-refractivity contribution in [3.63, 3.8) is 0 Å². The summed E-state index contributed by atoms with van der Waals surface area (Å²) in [5.74, 6) is 0.376. The summed E-state index contributed by atoms with van der Waals surface area (Å²) < 4.78 is 5.99. The maximum atomic E-state index is 13.3. The van der Waals surface area contributed by atoms with Crippen molar-refractivity contribution in [1.82, 2.24) is 10.3 Å². The number of nitrogens with zero attached hydrogens (tertiary/aromatic N) is 1. The van der Waals surface area contributed by atoms with E-state index in [-0.39, 0.29) is 11.0 Å². The molecule has 1 aromatic heterocycles. The van der Waals surface area contributed by atoms with E-state index in [0.29, 0.717) is 11.8 Å². The minimum Gasteiger partial charge on any atom is -0.436 e. The van der Waals surface area contributed by atoms with Gasteiger partial charge < -0.3 is 15.1 Å². The number of nitrogens with one attached hydrogen (secondary N) is 2. The van der Waals surface area contributed by atoms with Gasteiger partial charge in [0.05, 0.1) is 5.92 Å². The van der Waals surface area contributed by atoms with Crippen molar-refractivity contribution in [2.24, 2.45) is 0 Å². The molecule has 0 radical (unpaired) electrons. The molecule has 0 saturated carbocycles. The number of rotatable bonds is 7. The van der Waals surface area contributed by atoms with Gasteiger partial charge in [0.15, 0.2) is 10.7 Å². The van der Waals surface area contributed by atoms with Crippen molar-refractivity contribution in [2.75, 3.05) is 5.32 Å². The van der Waals surface area contributed by atoms with Crippen molar-refractivity contribution < 1.29 is 9.21 Å². The van der Waals surface area contributed by atoms with Gasteiger partial charge in [0.2, 0.25) is 11.8 Å². The number of hydrogen-bond acceptors (Lipinski definition) is 4. The van der Waals surface area contributed by atoms with E-state index in [2.05, 4.69) is 36.6 Å². The minimum atomic E-state index is -0.473. The summed E-state index contributed by atoms with van der Waals surface area (Å²) in [4.78, 5) is 18.0. The van der Waals surface area contributed by atoms with E-state index < -0.39 is 5.92 Å². The van der Waals surface area contributed by atoms with Gasteiger partial charge in [0, 0.05) is 11.3 Å². The third kappa shape index (κ3) is 5.66. The SMILES string of the molecule is CC[C@H](C)c1ccc2oc(-c3ccc(NC(=S)NC(=O)C(c4ccccc4)c4ccccc4)cc3)nc2c1. The molecule has 38 heavy (non-hydrogen) atoms. The lowest BCUT2D eigenvalue weighted by molar-refractivity contribution is -0.120. The molecule has 6 heteroatoms. The monoisotopic (exact) mass is 519 g/mol. The summed E-state index contributed by atoms with van der Waals surface area (Å²) >= 11 is 5.47. The lowest BCUT2D eigenvalue weighted by Gasteiger charge is -2.18. The van der Waals surface area contributed by atoms with E-state index in [1.54, 1.807) is 0 Å². The molecule has 0 bridgehead atoms. The fourth-order valence-corrected chi connectivity index (χ4v) is 4.66. The average molecular weight is 520 g/mol. The Morgan fingerprint density at radius 3 is 2.11 bits per heavy atom. The van der Waals surface area contributed by atoms with Gasteiger partial charge in [-0.3, -0.25) is 4.79 Å². The Kier molecular flexibility index (Phi) is 7.61. The van der Waals surface area contributed by atoms with E-state index in [1.807, 2.05) is 91.0 Å². The largest absolute Gasteiger partial charge is 0.436 e. The normalized spacial score (nSPS) is 11.9. The van der Waals surface area contributed by atoms with Crippen LogP contribution >= 0.6 is 12.2 Å². The predicted octanol–water partition coefficient (Wildman–Crippen LogP) is 7.65. The van der Waals surface area contributed by atoms with E-state index in [0.717, 1.165) is 39.9 Å². The molecule has 1 heterocycles. The molecule has 0 spiro atoms. The van der Waals surface area contributed by atoms with Crippen molar-refractivity contribution in [3.05, 3.63) is 120 Å². The quantitative estimate of drug-likeness (QED) is 0.216. The van der Waals surface area contributed by atoms with E-state index in [4.69, 9.17) is 21.6 Å². The van der Waals surface area contributed by atoms with Crippen LogP contribution in [0.3, 0.4) is 0 Å². The van der Waals surface area contributed by atoms with Crippen molar-refractivity contribution in [2.45, 2.75) is 32.1 Å². The Balaban J connectivity index is 1.27. The minimum absolute atomic E-state index is 0.195. The lowest BCUT2D eigenvalue weighted by atomic mass is 9.90. The summed E-state index contributed by atoms with van der Waals surface area (Å²) in [5.41, 5.74) is 6.30. The molecular weight excluding hydrogens is 490 g/mol. The molecule has 1 amide bonds. The zero-order valence-corrected chi connectivity index (χ0v) is 22.2. The molecule has 5 aromatic rings. The maximum absolute atomic E-state index is 13.3. The summed E-state index contributed by atoms with van der Waals surface area (Å²) in [6.07, 6.45) is 1.08. The first kappa shape index (κ1) is 25.4. The molecule has 0 fully saturated rings. The second kappa shape index (κ2) is 11.4. The summed E-state index contributed by atoms with van der Waals surface area (Å²) in [5, 5.41) is 6.21. The van der Waals surface area contributed by atoms with Gasteiger partial charge in [-0.15, -0.1) is 0 Å². The standard InChI is InChI=1S/C32H29N3O2S/c1-3-21(2)25-16-19-28-27(20-25)34-31(37-28)24-14-17-26(18-15-24)33-32(38)35-30(36)29(22-10-6-4-7-11-22)23-12-8-5-9-13-23/h4-21,29H,3H2,1-2H3,(H2,33,35,36,38)/t21-/m0/s1. The Morgan fingerprint density at radius 2 is 1.50 bits per heavy atom. The Hall–Kier alpha value is -4.29. The van der Waals surface area contributed by atoms with Crippen LogP contribution in [0.25, 0.3) is 22.6 Å². The molecule has 0 aliphatic rings. The van der Waals surface area contributed by atoms with Crippen LogP contribution < -0.4 is 10.6 Å². The molecule has 0 aliphatic carbocycles. The molecule has 4 aromatic carbocycles. The van der Waals surface area contributed by atoms with Gasteiger partial charge in [0.1, 0.15) is 5.52 Å². The van der Waals surface area contributed by atoms with Gasteiger partial charge in [0.25, 0.3) is 0 Å². The first-order chi connectivity index (χ1) is 18.5. The van der Waals surface area contributed by atoms with Gasteiger partial charge in [-0.2, -0.15) is 0 Å². The highest BCUT2D eigenvalue weighted by Gasteiger charge is 2.23. The second-order valence-corrected chi connectivity index (χ2v) is 9.74. The number of anilines is 1. The number of carbonyl (C=O) groups is 1. The van der Waals surface area contributed by atoms with Crippen molar-refractivity contribution in [3.8, 4) is 11.5 Å². The van der Waals surface area contributed by atoms with E-state index in [1.165, 1.54) is 5.56 Å². The third-order valence-electron chi connectivity index (χ3n) is 6.75. The van der Waals surface area contributed by atoms with Gasteiger partial charge in [-0.05, 0) is 77.6 Å². The summed E-state index contributed by atoms with van der Waals surface area (Å²) in [6, 6.07) is 33.2. The van der Waals surface area contributed by atoms with E-state index in [9.17, 15) is 4.79 Å². The number of fused-ring (bicyclic) bond motifs is 1. The number of carbonyl (C=O) groups excluding carboxylic acids is 1. The highest BCUT2D eigenvalue weighted by Crippen LogP contribution is 2.29. The number of aromatic nitrogens is 1. The van der Waals surface area contributed by atoms with Crippen LogP contribution in [-0.4, -0.2) is 16.0 Å². The number of thiocarbonyl (C=S) groups is 1. The van der Waals surface area contributed by atoms with Crippen LogP contribution in [0.15, 0.2) is 108 Å². The zero-order chi connectivity index (χ0) is 26.5. The maximum Gasteiger partial charge on any atom is 0.238 e. The van der Waals surface area contributed by atoms with Crippen LogP contribution in [0.1, 0.15) is 48.8 Å². The predicted molar refractivity (Wildman–Crippen MR) is 157 cm³/mol. The fraction of sp³-hybridized carbons (Fsp3) is 0.156. The van der Waals surface area contributed by atoms with Gasteiger partial charge in [-0.1, -0.05) is 80.6 Å². The molecule has 0 aliphatic heterocycles. The Labute approximate surface area is 227 Å². The molecule has 0 saturated heterocycles. The molecule has 5 rings (SSSR count). The lowest BCUT2D eigenvalue weighted by Crippen LogP contribution is -2.37. The Morgan fingerprint density at radius 1 is 0.868 bits per heavy atom. The third-order valence-corrected chi connectivity index (χ3v) is 6.95. The topological polar surface area (TPSA) is 67.2 Å². The zero-order valence-electron chi connectivity index (χ0n) is 21.3. The number of amides is 1. The number of oxazole rings is 1. The van der Waals surface area contributed by atoms with Gasteiger partial charge >= 0.3 is 0 Å². The highest BCUT2D eigenvalue weighted by molar-refractivity contribution is 7.80. The molecule has 2 N–H and O–H groups in total. The molecule has 1 atom stereocenters. The van der Waals surface area contributed by atoms with E-state index >= 15 is 0 Å². The summed E-state index contributed by atoms with van der Waals surface area (Å²) in [7, 11) is 0. The summed E-state index contributed by atoms with van der Waals surface area (Å²) in [6.45, 7) is 4.39. The van der Waals surface area contributed by atoms with Gasteiger partial charge in [-0.25, -0.2) is 4.98 Å². The van der Waals surface area contributed by atoms with Crippen molar-refractivity contribution >= 4 is 40.0 Å². The number of hydrogen-bond donors (Lipinski definition) is 2.